The highest BCUT2D eigenvalue weighted by Crippen LogP contribution is 2.27. The maximum atomic E-state index is 12.8. The Morgan fingerprint density at radius 1 is 1.18 bits per heavy atom. The standard InChI is InChI=1S/C20H21ClN4O3/c1-13(15-10-6-7-11-16(15)21)22-12-17(26)24-25-18(27)20(2,23-19(25)28)14-8-4-3-5-9-14/h3-11,13,22H,12H2,1-2H3,(H,23,28)(H,24,26)/p+1/t13-,20-/m0/s1. The van der Waals surface area contributed by atoms with Crippen LogP contribution in [0.4, 0.5) is 4.79 Å². The Morgan fingerprint density at radius 3 is 2.50 bits per heavy atom. The minimum atomic E-state index is -1.22. The van der Waals surface area contributed by atoms with Gasteiger partial charge in [0.25, 0.3) is 11.8 Å². The molecule has 8 heteroatoms. The molecule has 7 nitrogen and oxygen atoms in total. The number of halogens is 1. The number of nitrogens with zero attached hydrogens (tertiary/aromatic N) is 1. The molecule has 4 amide bonds. The third-order valence-corrected chi connectivity index (χ3v) is 5.18. The second-order valence-corrected chi connectivity index (χ2v) is 7.25. The summed E-state index contributed by atoms with van der Waals surface area (Å²) in [6.07, 6.45) is 0. The Morgan fingerprint density at radius 2 is 1.82 bits per heavy atom. The molecule has 2 aromatic carbocycles. The highest BCUT2D eigenvalue weighted by Gasteiger charge is 2.50. The van der Waals surface area contributed by atoms with Gasteiger partial charge in [-0.2, -0.15) is 5.01 Å². The van der Waals surface area contributed by atoms with Gasteiger partial charge in [0.2, 0.25) is 0 Å². The summed E-state index contributed by atoms with van der Waals surface area (Å²) >= 11 is 6.17. The molecule has 0 spiro atoms. The van der Waals surface area contributed by atoms with Gasteiger partial charge in [-0.25, -0.2) is 4.79 Å². The van der Waals surface area contributed by atoms with Gasteiger partial charge in [0.05, 0.1) is 0 Å². The predicted molar refractivity (Wildman–Crippen MR) is 104 cm³/mol. The third-order valence-electron chi connectivity index (χ3n) is 4.83. The van der Waals surface area contributed by atoms with Crippen LogP contribution in [0.5, 0.6) is 0 Å². The summed E-state index contributed by atoms with van der Waals surface area (Å²) in [6.45, 7) is 3.57. The number of benzene rings is 2. The normalized spacial score (nSPS) is 20.0. The zero-order valence-corrected chi connectivity index (χ0v) is 16.4. The molecule has 0 radical (unpaired) electrons. The predicted octanol–water partition coefficient (Wildman–Crippen LogP) is 1.46. The number of nitrogens with one attached hydrogen (secondary N) is 2. The molecule has 1 saturated heterocycles. The van der Waals surface area contributed by atoms with Crippen molar-refractivity contribution in [3.8, 4) is 0 Å². The minimum Gasteiger partial charge on any atom is -0.332 e. The molecule has 146 valence electrons. The fourth-order valence-electron chi connectivity index (χ4n) is 3.13. The zero-order chi connectivity index (χ0) is 20.3. The summed E-state index contributed by atoms with van der Waals surface area (Å²) in [5.74, 6) is -0.990. The smallest absolute Gasteiger partial charge is 0.332 e. The van der Waals surface area contributed by atoms with Crippen LogP contribution in [0.25, 0.3) is 0 Å². The number of quaternary nitrogens is 1. The average molecular weight is 402 g/mol. The molecule has 28 heavy (non-hydrogen) atoms. The number of rotatable bonds is 6. The Balaban J connectivity index is 1.62. The molecule has 0 saturated carbocycles. The van der Waals surface area contributed by atoms with E-state index in [1.807, 2.05) is 31.2 Å². The van der Waals surface area contributed by atoms with E-state index < -0.39 is 23.4 Å². The van der Waals surface area contributed by atoms with Crippen LogP contribution in [0.15, 0.2) is 54.6 Å². The van der Waals surface area contributed by atoms with Gasteiger partial charge in [-0.3, -0.25) is 15.0 Å². The van der Waals surface area contributed by atoms with Gasteiger partial charge in [-0.05, 0) is 25.5 Å². The van der Waals surface area contributed by atoms with Gasteiger partial charge in [0.1, 0.15) is 11.6 Å². The molecule has 4 N–H and O–H groups in total. The van der Waals surface area contributed by atoms with Crippen LogP contribution in [0.3, 0.4) is 0 Å². The first-order valence-corrected chi connectivity index (χ1v) is 9.30. The molecule has 1 heterocycles. The van der Waals surface area contributed by atoms with Crippen molar-refractivity contribution in [2.75, 3.05) is 6.54 Å². The van der Waals surface area contributed by atoms with Crippen molar-refractivity contribution in [1.29, 1.82) is 0 Å². The molecule has 2 atom stereocenters. The Hall–Kier alpha value is -2.90. The number of hydrogen-bond acceptors (Lipinski definition) is 3. The fourth-order valence-corrected chi connectivity index (χ4v) is 3.44. The molecule has 0 aromatic heterocycles. The number of carbonyl (C=O) groups excluding carboxylic acids is 3. The molecule has 0 bridgehead atoms. The first-order chi connectivity index (χ1) is 13.3. The maximum absolute atomic E-state index is 12.8. The molecule has 2 aromatic rings. The molecule has 0 aliphatic carbocycles. The summed E-state index contributed by atoms with van der Waals surface area (Å²) in [6, 6.07) is 15.6. The first-order valence-electron chi connectivity index (χ1n) is 8.92. The van der Waals surface area contributed by atoms with Crippen molar-refractivity contribution < 1.29 is 19.7 Å². The number of hydrogen-bond donors (Lipinski definition) is 3. The van der Waals surface area contributed by atoms with Crippen LogP contribution < -0.4 is 16.1 Å². The number of nitrogens with two attached hydrogens (primary N) is 1. The lowest BCUT2D eigenvalue weighted by atomic mass is 9.92. The van der Waals surface area contributed by atoms with Crippen LogP contribution >= 0.6 is 11.6 Å². The molecular formula is C20H22ClN4O3+. The molecule has 1 aliphatic heterocycles. The van der Waals surface area contributed by atoms with E-state index in [0.717, 1.165) is 10.6 Å². The third kappa shape index (κ3) is 3.85. The monoisotopic (exact) mass is 401 g/mol. The number of urea groups is 1. The van der Waals surface area contributed by atoms with E-state index in [-0.39, 0.29) is 12.6 Å². The highest BCUT2D eigenvalue weighted by molar-refractivity contribution is 6.31. The quantitative estimate of drug-likeness (QED) is 0.639. The first kappa shape index (κ1) is 19.9. The topological polar surface area (TPSA) is 95.1 Å². The lowest BCUT2D eigenvalue weighted by Gasteiger charge is -2.22. The van der Waals surface area contributed by atoms with Crippen molar-refractivity contribution in [2.24, 2.45) is 0 Å². The van der Waals surface area contributed by atoms with Gasteiger partial charge in [0, 0.05) is 10.6 Å². The van der Waals surface area contributed by atoms with E-state index in [4.69, 9.17) is 11.6 Å². The van der Waals surface area contributed by atoms with Crippen molar-refractivity contribution in [1.82, 2.24) is 15.8 Å². The zero-order valence-electron chi connectivity index (χ0n) is 15.6. The Labute approximate surface area is 168 Å². The molecule has 1 fully saturated rings. The van der Waals surface area contributed by atoms with E-state index in [0.29, 0.717) is 10.6 Å². The van der Waals surface area contributed by atoms with Crippen molar-refractivity contribution in [3.63, 3.8) is 0 Å². The van der Waals surface area contributed by atoms with Gasteiger partial charge in [0.15, 0.2) is 6.54 Å². The minimum absolute atomic E-state index is 0.0332. The van der Waals surface area contributed by atoms with E-state index in [1.165, 1.54) is 0 Å². The van der Waals surface area contributed by atoms with E-state index in [1.54, 1.807) is 42.6 Å². The van der Waals surface area contributed by atoms with Gasteiger partial charge >= 0.3 is 6.03 Å². The van der Waals surface area contributed by atoms with Crippen LogP contribution in [-0.4, -0.2) is 29.4 Å². The molecule has 1 aliphatic rings. The Bertz CT molecular complexity index is 905. The van der Waals surface area contributed by atoms with Crippen LogP contribution in [-0.2, 0) is 15.1 Å². The lowest BCUT2D eigenvalue weighted by Crippen LogP contribution is -2.87. The fraction of sp³-hybridized carbons (Fsp3) is 0.250. The summed E-state index contributed by atoms with van der Waals surface area (Å²) in [7, 11) is 0. The number of amides is 4. The summed E-state index contributed by atoms with van der Waals surface area (Å²) in [4.78, 5) is 37.4. The second kappa shape index (κ2) is 8.00. The van der Waals surface area contributed by atoms with Crippen LogP contribution in [0.2, 0.25) is 5.02 Å². The van der Waals surface area contributed by atoms with Crippen LogP contribution in [0.1, 0.15) is 31.0 Å². The van der Waals surface area contributed by atoms with Gasteiger partial charge < -0.3 is 10.6 Å². The molecule has 0 unspecified atom stereocenters. The van der Waals surface area contributed by atoms with Gasteiger partial charge in [-0.1, -0.05) is 60.1 Å². The van der Waals surface area contributed by atoms with Crippen LogP contribution in [0, 0.1) is 0 Å². The van der Waals surface area contributed by atoms with E-state index >= 15 is 0 Å². The average Bonchev–Trinajstić information content (AvgIpc) is 2.91. The van der Waals surface area contributed by atoms with E-state index in [9.17, 15) is 14.4 Å². The number of carbonyl (C=O) groups is 3. The summed E-state index contributed by atoms with van der Waals surface area (Å²) in [5, 5.41) is 5.79. The number of imide groups is 1. The van der Waals surface area contributed by atoms with Crippen molar-refractivity contribution in [3.05, 3.63) is 70.7 Å². The molecule has 3 rings (SSSR count). The second-order valence-electron chi connectivity index (χ2n) is 6.85. The molecular weight excluding hydrogens is 380 g/mol. The maximum Gasteiger partial charge on any atom is 0.344 e. The van der Waals surface area contributed by atoms with Crippen molar-refractivity contribution in [2.45, 2.75) is 25.4 Å². The Kier molecular flexibility index (Phi) is 5.67. The number of hydrazine groups is 1. The summed E-state index contributed by atoms with van der Waals surface area (Å²) in [5.41, 5.74) is 2.72. The van der Waals surface area contributed by atoms with Gasteiger partial charge in [-0.15, -0.1) is 0 Å². The lowest BCUT2D eigenvalue weighted by molar-refractivity contribution is -0.682. The van der Waals surface area contributed by atoms with Crippen molar-refractivity contribution >= 4 is 29.4 Å². The summed E-state index contributed by atoms with van der Waals surface area (Å²) < 4.78 is 0. The largest absolute Gasteiger partial charge is 0.344 e. The van der Waals surface area contributed by atoms with E-state index in [2.05, 4.69) is 10.7 Å². The highest BCUT2D eigenvalue weighted by atomic mass is 35.5. The SMILES string of the molecule is C[C@H]([NH2+]CC(=O)NN1C(=O)N[C@@](C)(c2ccccc2)C1=O)c1ccccc1Cl.